The molecule has 1 aliphatic carbocycles. The van der Waals surface area contributed by atoms with Crippen LogP contribution in [0.15, 0.2) is 30.3 Å². The summed E-state index contributed by atoms with van der Waals surface area (Å²) < 4.78 is 0. The molecule has 0 amide bonds. The number of benzene rings is 2. The third kappa shape index (κ3) is 3.16. The highest BCUT2D eigenvalue weighted by atomic mass is 14.4. The van der Waals surface area contributed by atoms with E-state index in [-0.39, 0.29) is 16.2 Å². The van der Waals surface area contributed by atoms with Crippen LogP contribution in [0.5, 0.6) is 0 Å². The SMILES string of the molecule is CC(C)(C)c1cc2c(c(C(C)(C)C)c1)Cc1c-2cccc1C(C)(C)C. The summed E-state index contributed by atoms with van der Waals surface area (Å²) in [6, 6.07) is 11.8. The van der Waals surface area contributed by atoms with Crippen molar-refractivity contribution >= 4 is 0 Å². The molecule has 0 radical (unpaired) electrons. The summed E-state index contributed by atoms with van der Waals surface area (Å²) in [7, 11) is 0. The van der Waals surface area contributed by atoms with Crippen molar-refractivity contribution in [2.24, 2.45) is 0 Å². The number of fused-ring (bicyclic) bond motifs is 3. The summed E-state index contributed by atoms with van der Waals surface area (Å²) in [6.45, 7) is 21.0. The topological polar surface area (TPSA) is 0 Å². The molecule has 0 aliphatic heterocycles. The Morgan fingerprint density at radius 1 is 0.600 bits per heavy atom. The van der Waals surface area contributed by atoms with Crippen LogP contribution in [0.3, 0.4) is 0 Å². The van der Waals surface area contributed by atoms with E-state index in [2.05, 4.69) is 92.6 Å². The van der Waals surface area contributed by atoms with Crippen LogP contribution in [0.1, 0.15) is 90.1 Å². The molecule has 0 atom stereocenters. The first-order chi connectivity index (χ1) is 11.3. The molecular formula is C25H34. The Morgan fingerprint density at radius 3 is 1.68 bits per heavy atom. The van der Waals surface area contributed by atoms with E-state index in [1.165, 1.54) is 27.8 Å². The highest BCUT2D eigenvalue weighted by molar-refractivity contribution is 5.80. The zero-order valence-electron chi connectivity index (χ0n) is 17.6. The molecule has 0 heterocycles. The Hall–Kier alpha value is -1.56. The van der Waals surface area contributed by atoms with Crippen molar-refractivity contribution in [3.63, 3.8) is 0 Å². The average molecular weight is 335 g/mol. The molecule has 0 N–H and O–H groups in total. The summed E-state index contributed by atoms with van der Waals surface area (Å²) in [4.78, 5) is 0. The lowest BCUT2D eigenvalue weighted by Gasteiger charge is -2.28. The van der Waals surface area contributed by atoms with Crippen LogP contribution in [0, 0.1) is 0 Å². The van der Waals surface area contributed by atoms with E-state index in [0.29, 0.717) is 0 Å². The van der Waals surface area contributed by atoms with Gasteiger partial charge >= 0.3 is 0 Å². The summed E-state index contributed by atoms with van der Waals surface area (Å²) in [6.07, 6.45) is 1.08. The van der Waals surface area contributed by atoms with Gasteiger partial charge in [0, 0.05) is 0 Å². The summed E-state index contributed by atoms with van der Waals surface area (Å²) in [5.74, 6) is 0. The summed E-state index contributed by atoms with van der Waals surface area (Å²) in [5.41, 5.74) is 11.0. The van der Waals surface area contributed by atoms with Gasteiger partial charge in [-0.05, 0) is 61.6 Å². The van der Waals surface area contributed by atoms with Crippen LogP contribution in [-0.2, 0) is 22.7 Å². The van der Waals surface area contributed by atoms with Crippen molar-refractivity contribution in [3.05, 3.63) is 58.1 Å². The Kier molecular flexibility index (Phi) is 3.99. The van der Waals surface area contributed by atoms with Gasteiger partial charge in [0.1, 0.15) is 0 Å². The van der Waals surface area contributed by atoms with Crippen molar-refractivity contribution in [2.75, 3.05) is 0 Å². The minimum atomic E-state index is 0.162. The number of hydrogen-bond donors (Lipinski definition) is 0. The van der Waals surface area contributed by atoms with Crippen LogP contribution in [0.25, 0.3) is 11.1 Å². The molecule has 25 heavy (non-hydrogen) atoms. The smallest absolute Gasteiger partial charge is 0.000756 e. The van der Waals surface area contributed by atoms with Gasteiger partial charge in [-0.25, -0.2) is 0 Å². The fourth-order valence-corrected chi connectivity index (χ4v) is 4.11. The highest BCUT2D eigenvalue weighted by Crippen LogP contribution is 2.46. The second kappa shape index (κ2) is 5.47. The molecule has 0 bridgehead atoms. The molecule has 0 unspecified atom stereocenters. The van der Waals surface area contributed by atoms with E-state index in [1.807, 2.05) is 0 Å². The molecular weight excluding hydrogens is 300 g/mol. The Morgan fingerprint density at radius 2 is 1.16 bits per heavy atom. The van der Waals surface area contributed by atoms with Gasteiger partial charge in [-0.3, -0.25) is 0 Å². The molecule has 2 aromatic rings. The predicted octanol–water partition coefficient (Wildman–Crippen LogP) is 7.15. The summed E-state index contributed by atoms with van der Waals surface area (Å²) in [5, 5.41) is 0. The first-order valence-electron chi connectivity index (χ1n) is 9.61. The van der Waals surface area contributed by atoms with Gasteiger partial charge in [-0.15, -0.1) is 0 Å². The van der Waals surface area contributed by atoms with Crippen molar-refractivity contribution in [2.45, 2.75) is 85.0 Å². The molecule has 2 aromatic carbocycles. The quantitative estimate of drug-likeness (QED) is 0.409. The Labute approximate surface area is 154 Å². The van der Waals surface area contributed by atoms with Crippen molar-refractivity contribution in [1.82, 2.24) is 0 Å². The molecule has 0 nitrogen and oxygen atoms in total. The van der Waals surface area contributed by atoms with Gasteiger partial charge in [0.15, 0.2) is 0 Å². The maximum Gasteiger partial charge on any atom is -0.000756 e. The molecule has 0 fully saturated rings. The maximum atomic E-state index is 2.47. The first-order valence-corrected chi connectivity index (χ1v) is 9.61. The average Bonchev–Trinajstić information content (AvgIpc) is 2.81. The second-order valence-electron chi connectivity index (χ2n) is 10.8. The Bertz CT molecular complexity index is 815. The molecule has 0 saturated heterocycles. The zero-order chi connectivity index (χ0) is 18.8. The van der Waals surface area contributed by atoms with Gasteiger partial charge in [0.25, 0.3) is 0 Å². The standard InChI is InChI=1S/C25H34/c1-23(2,3)16-13-18-17-11-10-12-21(24(4,5)6)19(17)15-20(18)22(14-16)25(7,8)9/h10-14H,15H2,1-9H3. The molecule has 1 aliphatic rings. The van der Waals surface area contributed by atoms with E-state index in [9.17, 15) is 0 Å². The molecule has 134 valence electrons. The van der Waals surface area contributed by atoms with E-state index < -0.39 is 0 Å². The van der Waals surface area contributed by atoms with E-state index in [4.69, 9.17) is 0 Å². The number of hydrogen-bond acceptors (Lipinski definition) is 0. The minimum absolute atomic E-state index is 0.162. The van der Waals surface area contributed by atoms with Gasteiger partial charge in [-0.1, -0.05) is 92.6 Å². The zero-order valence-corrected chi connectivity index (χ0v) is 17.6. The van der Waals surface area contributed by atoms with Crippen molar-refractivity contribution in [1.29, 1.82) is 0 Å². The lowest BCUT2D eigenvalue weighted by molar-refractivity contribution is 0.565. The second-order valence-corrected chi connectivity index (χ2v) is 10.8. The predicted molar refractivity (Wildman–Crippen MR) is 111 cm³/mol. The maximum absolute atomic E-state index is 2.47. The number of rotatable bonds is 0. The molecule has 3 rings (SSSR count). The Balaban J connectivity index is 2.32. The van der Waals surface area contributed by atoms with E-state index in [0.717, 1.165) is 6.42 Å². The lowest BCUT2D eigenvalue weighted by atomic mass is 9.77. The fourth-order valence-electron chi connectivity index (χ4n) is 4.11. The van der Waals surface area contributed by atoms with Crippen LogP contribution >= 0.6 is 0 Å². The van der Waals surface area contributed by atoms with Gasteiger partial charge < -0.3 is 0 Å². The normalized spacial score (nSPS) is 14.4. The summed E-state index contributed by atoms with van der Waals surface area (Å²) >= 11 is 0. The van der Waals surface area contributed by atoms with Crippen LogP contribution in [0.4, 0.5) is 0 Å². The van der Waals surface area contributed by atoms with E-state index in [1.54, 1.807) is 11.1 Å². The van der Waals surface area contributed by atoms with Gasteiger partial charge in [-0.2, -0.15) is 0 Å². The molecule has 0 saturated carbocycles. The van der Waals surface area contributed by atoms with Crippen LogP contribution in [-0.4, -0.2) is 0 Å². The van der Waals surface area contributed by atoms with Crippen molar-refractivity contribution < 1.29 is 0 Å². The van der Waals surface area contributed by atoms with Crippen LogP contribution < -0.4 is 0 Å². The van der Waals surface area contributed by atoms with Crippen LogP contribution in [0.2, 0.25) is 0 Å². The van der Waals surface area contributed by atoms with E-state index >= 15 is 0 Å². The largest absolute Gasteiger partial charge is 0.0613 e. The highest BCUT2D eigenvalue weighted by Gasteiger charge is 2.32. The minimum Gasteiger partial charge on any atom is -0.0613 e. The molecule has 0 spiro atoms. The fraction of sp³-hybridized carbons (Fsp3) is 0.520. The van der Waals surface area contributed by atoms with Gasteiger partial charge in [0.05, 0.1) is 0 Å². The van der Waals surface area contributed by atoms with Gasteiger partial charge in [0.2, 0.25) is 0 Å². The van der Waals surface area contributed by atoms with Crippen molar-refractivity contribution in [3.8, 4) is 11.1 Å². The third-order valence-electron chi connectivity index (χ3n) is 5.55. The lowest BCUT2D eigenvalue weighted by Crippen LogP contribution is -2.18. The first kappa shape index (κ1) is 18.2. The molecule has 0 heteroatoms. The third-order valence-corrected chi connectivity index (χ3v) is 5.55. The monoisotopic (exact) mass is 334 g/mol. The molecule has 0 aromatic heterocycles.